The molecule has 12 nitrogen and oxygen atoms in total. The lowest BCUT2D eigenvalue weighted by Gasteiger charge is -2.13. The second kappa shape index (κ2) is 20.6. The van der Waals surface area contributed by atoms with Crippen LogP contribution in [0.5, 0.6) is 0 Å². The molecule has 6 N–H and O–H groups in total. The Morgan fingerprint density at radius 3 is 1.76 bits per heavy atom. The number of hydrogen-bond donors (Lipinski definition) is 6. The smallest absolute Gasteiger partial charge is 0.315 e. The van der Waals surface area contributed by atoms with Crippen LogP contribution in [0.15, 0.2) is 18.2 Å². The Morgan fingerprint density at radius 2 is 1.26 bits per heavy atom. The van der Waals surface area contributed by atoms with Gasteiger partial charge in [0, 0.05) is 74.2 Å². The van der Waals surface area contributed by atoms with E-state index in [0.717, 1.165) is 0 Å². The van der Waals surface area contributed by atoms with Crippen molar-refractivity contribution in [1.29, 1.82) is 0 Å². The van der Waals surface area contributed by atoms with Crippen LogP contribution >= 0.6 is 23.5 Å². The normalized spacial score (nSPS) is 10.6. The average molecular weight is 625 g/mol. The van der Waals surface area contributed by atoms with Gasteiger partial charge in [0.15, 0.2) is 0 Å². The highest BCUT2D eigenvalue weighted by atomic mass is 32.2. The molecule has 42 heavy (non-hydrogen) atoms. The van der Waals surface area contributed by atoms with Crippen LogP contribution in [0, 0.1) is 5.92 Å². The van der Waals surface area contributed by atoms with E-state index in [0.29, 0.717) is 30.2 Å². The molecule has 6 amide bonds. The third-order valence-electron chi connectivity index (χ3n) is 5.53. The molecule has 0 aromatic heterocycles. The summed E-state index contributed by atoms with van der Waals surface area (Å²) >= 11 is 2.77. The van der Waals surface area contributed by atoms with Gasteiger partial charge in [0.25, 0.3) is 11.8 Å². The first kappa shape index (κ1) is 36.8. The van der Waals surface area contributed by atoms with Crippen LogP contribution in [0.4, 0.5) is 4.79 Å². The lowest BCUT2D eigenvalue weighted by molar-refractivity contribution is -0.122. The minimum Gasteiger partial charge on any atom is -0.358 e. The minimum absolute atomic E-state index is 0.0498. The Hall–Kier alpha value is -3.26. The summed E-state index contributed by atoms with van der Waals surface area (Å²) in [4.78, 5) is 72.9. The van der Waals surface area contributed by atoms with Crippen LogP contribution in [0.3, 0.4) is 0 Å². The predicted octanol–water partition coefficient (Wildman–Crippen LogP) is 1.30. The summed E-state index contributed by atoms with van der Waals surface area (Å²) in [6.07, 6.45) is 0.229. The molecule has 1 aromatic rings. The Bertz CT molecular complexity index is 1080. The van der Waals surface area contributed by atoms with E-state index in [-0.39, 0.29) is 71.7 Å². The second-order valence-corrected chi connectivity index (χ2v) is 12.1. The predicted molar refractivity (Wildman–Crippen MR) is 168 cm³/mol. The molecule has 1 rings (SSSR count). The van der Waals surface area contributed by atoms with Crippen LogP contribution in [-0.4, -0.2) is 91.2 Å². The Kier molecular flexibility index (Phi) is 18.0. The minimum atomic E-state index is -0.473. The first-order chi connectivity index (χ1) is 19.9. The molecule has 0 saturated carbocycles. The molecule has 0 spiro atoms. The van der Waals surface area contributed by atoms with Crippen LogP contribution in [0.1, 0.15) is 60.4 Å². The lowest BCUT2D eigenvalue weighted by atomic mass is 10.0. The van der Waals surface area contributed by atoms with Gasteiger partial charge in [0.05, 0.1) is 11.5 Å². The molecule has 0 aliphatic heterocycles. The average Bonchev–Trinajstić information content (AvgIpc) is 2.94. The van der Waals surface area contributed by atoms with E-state index in [1.165, 1.54) is 29.6 Å². The number of amides is 6. The fourth-order valence-electron chi connectivity index (χ4n) is 3.33. The topological polar surface area (TPSA) is 175 Å². The van der Waals surface area contributed by atoms with Crippen molar-refractivity contribution in [2.24, 2.45) is 5.92 Å². The van der Waals surface area contributed by atoms with Crippen molar-refractivity contribution >= 4 is 59.0 Å². The number of carbonyl (C=O) groups excluding carboxylic acids is 6. The van der Waals surface area contributed by atoms with Crippen molar-refractivity contribution in [3.05, 3.63) is 34.9 Å². The van der Waals surface area contributed by atoms with E-state index >= 15 is 0 Å². The highest BCUT2D eigenvalue weighted by Crippen LogP contribution is 2.12. The number of rotatable bonds is 19. The van der Waals surface area contributed by atoms with Gasteiger partial charge in [-0.15, -0.1) is 0 Å². The van der Waals surface area contributed by atoms with Gasteiger partial charge in [-0.1, -0.05) is 13.8 Å². The van der Waals surface area contributed by atoms with Crippen LogP contribution < -0.4 is 31.9 Å². The number of urea groups is 1. The maximum atomic E-state index is 12.9. The summed E-state index contributed by atoms with van der Waals surface area (Å²) in [6, 6.07) is 4.26. The van der Waals surface area contributed by atoms with Crippen molar-refractivity contribution in [3.63, 3.8) is 0 Å². The van der Waals surface area contributed by atoms with Gasteiger partial charge in [-0.25, -0.2) is 4.79 Å². The lowest BCUT2D eigenvalue weighted by Crippen LogP contribution is -2.36. The maximum Gasteiger partial charge on any atom is 0.315 e. The first-order valence-electron chi connectivity index (χ1n) is 13.8. The zero-order chi connectivity index (χ0) is 31.5. The van der Waals surface area contributed by atoms with Crippen molar-refractivity contribution in [2.45, 2.75) is 46.7 Å². The summed E-state index contributed by atoms with van der Waals surface area (Å²) in [5.41, 5.74) is 1.03. The van der Waals surface area contributed by atoms with Gasteiger partial charge in [-0.3, -0.25) is 24.0 Å². The van der Waals surface area contributed by atoms with Gasteiger partial charge in [-0.2, -0.15) is 23.5 Å². The van der Waals surface area contributed by atoms with E-state index in [9.17, 15) is 28.8 Å². The van der Waals surface area contributed by atoms with Gasteiger partial charge in [0.1, 0.15) is 5.78 Å². The van der Waals surface area contributed by atoms with Gasteiger partial charge >= 0.3 is 6.03 Å². The number of thioether (sulfide) groups is 2. The SMILES string of the molecule is CNC(=O)CSCCNC(=O)c1cc(CNC(=O)NCCC(=O)C(C)C)cc(C(=O)NCCSCC(=O)NC(C)C)c1. The molecule has 1 aromatic carbocycles. The van der Waals surface area contributed by atoms with E-state index in [1.54, 1.807) is 33.0 Å². The van der Waals surface area contributed by atoms with E-state index in [4.69, 9.17) is 0 Å². The van der Waals surface area contributed by atoms with E-state index < -0.39 is 17.8 Å². The van der Waals surface area contributed by atoms with Crippen molar-refractivity contribution in [1.82, 2.24) is 31.9 Å². The number of hydrogen-bond acceptors (Lipinski definition) is 8. The summed E-state index contributed by atoms with van der Waals surface area (Å²) in [7, 11) is 1.56. The highest BCUT2D eigenvalue weighted by molar-refractivity contribution is 8.00. The standard InChI is InChI=1S/C28H44N6O6S2/c1-18(2)23(35)6-7-32-28(40)33-15-20-12-21(26(38)30-8-10-41-16-24(36)29-5)14-22(13-20)27(39)31-9-11-42-17-25(37)34-19(3)4/h12-14,18-19H,6-11,15-17H2,1-5H3,(H,29,36)(H,30,38)(H,31,39)(H,34,37)(H2,32,33,40). The summed E-state index contributed by atoms with van der Waals surface area (Å²) in [6.45, 7) is 8.27. The fourth-order valence-corrected chi connectivity index (χ4v) is 4.71. The molecule has 0 atom stereocenters. The number of Topliss-reactive ketones (excluding diaryl/α,β-unsaturated/α-hetero) is 1. The molecular weight excluding hydrogens is 580 g/mol. The molecular formula is C28H44N6O6S2. The van der Waals surface area contributed by atoms with Crippen LogP contribution in [0.25, 0.3) is 0 Å². The summed E-state index contributed by atoms with van der Waals surface area (Å²) < 4.78 is 0. The number of nitrogens with one attached hydrogen (secondary N) is 6. The number of benzene rings is 1. The molecule has 0 bridgehead atoms. The van der Waals surface area contributed by atoms with Crippen molar-refractivity contribution in [3.8, 4) is 0 Å². The number of carbonyl (C=O) groups is 6. The molecule has 0 aliphatic rings. The largest absolute Gasteiger partial charge is 0.358 e. The van der Waals surface area contributed by atoms with Crippen molar-refractivity contribution in [2.75, 3.05) is 49.7 Å². The quantitative estimate of drug-likeness (QED) is 0.125. The third-order valence-corrected chi connectivity index (χ3v) is 7.45. The van der Waals surface area contributed by atoms with Gasteiger partial charge in [0.2, 0.25) is 11.8 Å². The Labute approximate surface area is 256 Å². The zero-order valence-corrected chi connectivity index (χ0v) is 26.6. The monoisotopic (exact) mass is 624 g/mol. The molecule has 234 valence electrons. The molecule has 0 aliphatic carbocycles. The number of ketones is 1. The Balaban J connectivity index is 2.79. The van der Waals surface area contributed by atoms with Crippen LogP contribution in [0.2, 0.25) is 0 Å². The molecule has 0 radical (unpaired) electrons. The molecule has 0 unspecified atom stereocenters. The summed E-state index contributed by atoms with van der Waals surface area (Å²) in [5.74, 6) is 0.611. The third kappa shape index (κ3) is 16.2. The fraction of sp³-hybridized carbons (Fsp3) is 0.571. The summed E-state index contributed by atoms with van der Waals surface area (Å²) in [5, 5.41) is 16.2. The molecule has 14 heteroatoms. The van der Waals surface area contributed by atoms with Gasteiger partial charge < -0.3 is 31.9 Å². The van der Waals surface area contributed by atoms with Crippen LogP contribution in [-0.2, 0) is 20.9 Å². The zero-order valence-electron chi connectivity index (χ0n) is 25.0. The Morgan fingerprint density at radius 1 is 0.714 bits per heavy atom. The van der Waals surface area contributed by atoms with E-state index in [1.807, 2.05) is 13.8 Å². The first-order valence-corrected chi connectivity index (χ1v) is 16.1. The van der Waals surface area contributed by atoms with Gasteiger partial charge in [-0.05, 0) is 37.6 Å². The van der Waals surface area contributed by atoms with E-state index in [2.05, 4.69) is 31.9 Å². The highest BCUT2D eigenvalue weighted by Gasteiger charge is 2.14. The molecule has 0 heterocycles. The second-order valence-electron chi connectivity index (χ2n) is 9.91. The maximum absolute atomic E-state index is 12.9. The molecule has 0 fully saturated rings. The van der Waals surface area contributed by atoms with Crippen molar-refractivity contribution < 1.29 is 28.8 Å². The molecule has 0 saturated heterocycles.